The summed E-state index contributed by atoms with van der Waals surface area (Å²) in [6.07, 6.45) is -0.137. The van der Waals surface area contributed by atoms with Crippen LogP contribution in [-0.2, 0) is 19.1 Å². The quantitative estimate of drug-likeness (QED) is 0.542. The first-order chi connectivity index (χ1) is 15.3. The SMILES string of the molecule is Fc1ccc(N2CCN(Cc3ccn4c(CC5CC5)nnc4c3C(F)(F)F)CC2)c(F)c1. The largest absolute Gasteiger partial charge is 0.420 e. The molecule has 10 heteroatoms. The summed E-state index contributed by atoms with van der Waals surface area (Å²) in [6.45, 7) is 1.89. The van der Waals surface area contributed by atoms with Crippen LogP contribution in [0.2, 0.25) is 0 Å². The van der Waals surface area contributed by atoms with Gasteiger partial charge in [0.05, 0.1) is 5.69 Å². The van der Waals surface area contributed by atoms with Gasteiger partial charge in [-0.15, -0.1) is 10.2 Å². The topological polar surface area (TPSA) is 36.7 Å². The van der Waals surface area contributed by atoms with Crippen molar-refractivity contribution in [3.63, 3.8) is 0 Å². The Morgan fingerprint density at radius 1 is 0.969 bits per heavy atom. The average Bonchev–Trinajstić information content (AvgIpc) is 3.46. The van der Waals surface area contributed by atoms with Gasteiger partial charge in [-0.2, -0.15) is 13.2 Å². The zero-order valence-corrected chi connectivity index (χ0v) is 17.2. The molecule has 0 unspecified atom stereocenters. The molecule has 2 aliphatic rings. The van der Waals surface area contributed by atoms with Gasteiger partial charge in [0, 0.05) is 51.4 Å². The molecule has 1 aliphatic heterocycles. The molecule has 1 saturated heterocycles. The van der Waals surface area contributed by atoms with Crippen molar-refractivity contribution in [1.82, 2.24) is 19.5 Å². The van der Waals surface area contributed by atoms with Gasteiger partial charge in [-0.05, 0) is 42.5 Å². The molecular formula is C22H22F5N5. The number of rotatable bonds is 5. The van der Waals surface area contributed by atoms with E-state index in [0.29, 0.717) is 50.0 Å². The van der Waals surface area contributed by atoms with Gasteiger partial charge in [-0.25, -0.2) is 8.78 Å². The molecule has 3 heterocycles. The molecule has 32 heavy (non-hydrogen) atoms. The minimum atomic E-state index is -4.55. The van der Waals surface area contributed by atoms with Crippen molar-refractivity contribution < 1.29 is 22.0 Å². The number of alkyl halides is 3. The molecule has 170 valence electrons. The molecule has 0 radical (unpaired) electrons. The lowest BCUT2D eigenvalue weighted by Crippen LogP contribution is -2.46. The van der Waals surface area contributed by atoms with Crippen molar-refractivity contribution in [3.05, 3.63) is 59.0 Å². The highest BCUT2D eigenvalue weighted by Gasteiger charge is 2.38. The van der Waals surface area contributed by atoms with Gasteiger partial charge >= 0.3 is 6.18 Å². The summed E-state index contributed by atoms with van der Waals surface area (Å²) >= 11 is 0. The fraction of sp³-hybridized carbons (Fsp3) is 0.455. The van der Waals surface area contributed by atoms with Crippen LogP contribution in [0.5, 0.6) is 0 Å². The van der Waals surface area contributed by atoms with Crippen LogP contribution in [0.25, 0.3) is 5.65 Å². The highest BCUT2D eigenvalue weighted by atomic mass is 19.4. The molecule has 0 atom stereocenters. The Balaban J connectivity index is 1.35. The summed E-state index contributed by atoms with van der Waals surface area (Å²) in [5.74, 6) is -0.237. The molecule has 0 amide bonds. The molecule has 0 bridgehead atoms. The monoisotopic (exact) mass is 451 g/mol. The fourth-order valence-corrected chi connectivity index (χ4v) is 4.33. The van der Waals surface area contributed by atoms with E-state index < -0.39 is 23.4 Å². The fourth-order valence-electron chi connectivity index (χ4n) is 4.33. The number of hydrogen-bond donors (Lipinski definition) is 0. The molecule has 1 aromatic carbocycles. The summed E-state index contributed by atoms with van der Waals surface area (Å²) in [4.78, 5) is 3.68. The van der Waals surface area contributed by atoms with Crippen LogP contribution in [0.3, 0.4) is 0 Å². The first-order valence-electron chi connectivity index (χ1n) is 10.6. The van der Waals surface area contributed by atoms with E-state index in [-0.39, 0.29) is 17.8 Å². The van der Waals surface area contributed by atoms with E-state index in [4.69, 9.17) is 0 Å². The van der Waals surface area contributed by atoms with Gasteiger partial charge in [0.2, 0.25) is 0 Å². The smallest absolute Gasteiger partial charge is 0.367 e. The Bertz CT molecular complexity index is 1130. The third-order valence-corrected chi connectivity index (χ3v) is 6.20. The molecule has 0 N–H and O–H groups in total. The van der Waals surface area contributed by atoms with E-state index in [2.05, 4.69) is 10.2 Å². The number of benzene rings is 1. The van der Waals surface area contributed by atoms with Crippen LogP contribution >= 0.6 is 0 Å². The zero-order chi connectivity index (χ0) is 22.5. The molecule has 2 fully saturated rings. The van der Waals surface area contributed by atoms with E-state index in [0.717, 1.165) is 18.9 Å². The molecule has 5 rings (SSSR count). The maximum Gasteiger partial charge on any atom is 0.420 e. The van der Waals surface area contributed by atoms with Gasteiger partial charge in [0.1, 0.15) is 23.0 Å². The average molecular weight is 451 g/mol. The van der Waals surface area contributed by atoms with E-state index in [1.54, 1.807) is 11.1 Å². The number of hydrogen-bond acceptors (Lipinski definition) is 4. The first-order valence-corrected chi connectivity index (χ1v) is 10.6. The van der Waals surface area contributed by atoms with Gasteiger partial charge in [0.25, 0.3) is 0 Å². The summed E-state index contributed by atoms with van der Waals surface area (Å²) in [7, 11) is 0. The van der Waals surface area contributed by atoms with Gasteiger partial charge in [-0.1, -0.05) is 0 Å². The summed E-state index contributed by atoms with van der Waals surface area (Å²) in [6, 6.07) is 4.93. The minimum absolute atomic E-state index is 0.107. The number of anilines is 1. The van der Waals surface area contributed by atoms with E-state index in [1.165, 1.54) is 22.6 Å². The molecule has 1 saturated carbocycles. The van der Waals surface area contributed by atoms with Crippen LogP contribution < -0.4 is 4.90 Å². The highest BCUT2D eigenvalue weighted by molar-refractivity contribution is 5.54. The van der Waals surface area contributed by atoms with E-state index >= 15 is 0 Å². The van der Waals surface area contributed by atoms with Crippen LogP contribution in [-0.4, -0.2) is 45.7 Å². The Hall–Kier alpha value is -2.75. The Morgan fingerprint density at radius 2 is 1.72 bits per heavy atom. The normalized spacial score (nSPS) is 18.0. The second kappa shape index (κ2) is 7.99. The van der Waals surface area contributed by atoms with Crippen LogP contribution in [0, 0.1) is 17.6 Å². The summed E-state index contributed by atoms with van der Waals surface area (Å²) in [5, 5.41) is 7.91. The lowest BCUT2D eigenvalue weighted by atomic mass is 10.1. The number of nitrogens with zero attached hydrogens (tertiary/aromatic N) is 5. The number of aromatic nitrogens is 3. The second-order valence-corrected chi connectivity index (χ2v) is 8.53. The van der Waals surface area contributed by atoms with Crippen LogP contribution in [0.1, 0.15) is 29.8 Å². The minimum Gasteiger partial charge on any atom is -0.367 e. The van der Waals surface area contributed by atoms with Crippen molar-refractivity contribution in [3.8, 4) is 0 Å². The highest BCUT2D eigenvalue weighted by Crippen LogP contribution is 2.37. The predicted octanol–water partition coefficient (Wildman–Crippen LogP) is 4.30. The van der Waals surface area contributed by atoms with Crippen molar-refractivity contribution in [2.75, 3.05) is 31.1 Å². The molecule has 0 spiro atoms. The first kappa shape index (κ1) is 21.1. The Kier molecular flexibility index (Phi) is 5.27. The number of halogens is 5. The number of fused-ring (bicyclic) bond motifs is 1. The van der Waals surface area contributed by atoms with Gasteiger partial charge < -0.3 is 4.90 Å². The van der Waals surface area contributed by atoms with E-state index in [9.17, 15) is 22.0 Å². The summed E-state index contributed by atoms with van der Waals surface area (Å²) < 4.78 is 70.7. The maximum atomic E-state index is 14.1. The van der Waals surface area contributed by atoms with Crippen molar-refractivity contribution >= 4 is 11.3 Å². The van der Waals surface area contributed by atoms with Gasteiger partial charge in [0.15, 0.2) is 5.65 Å². The molecular weight excluding hydrogens is 429 g/mol. The molecule has 2 aromatic heterocycles. The lowest BCUT2D eigenvalue weighted by Gasteiger charge is -2.36. The van der Waals surface area contributed by atoms with E-state index in [1.807, 2.05) is 4.90 Å². The van der Waals surface area contributed by atoms with Crippen molar-refractivity contribution in [2.45, 2.75) is 32.0 Å². The van der Waals surface area contributed by atoms with Crippen molar-refractivity contribution in [1.29, 1.82) is 0 Å². The van der Waals surface area contributed by atoms with Gasteiger partial charge in [-0.3, -0.25) is 9.30 Å². The molecule has 1 aliphatic carbocycles. The second-order valence-electron chi connectivity index (χ2n) is 8.53. The molecule has 5 nitrogen and oxygen atoms in total. The zero-order valence-electron chi connectivity index (χ0n) is 17.2. The number of piperazine rings is 1. The van der Waals surface area contributed by atoms with Crippen molar-refractivity contribution in [2.24, 2.45) is 5.92 Å². The summed E-state index contributed by atoms with van der Waals surface area (Å²) in [5.41, 5.74) is -0.453. The lowest BCUT2D eigenvalue weighted by molar-refractivity contribution is -0.137. The third-order valence-electron chi connectivity index (χ3n) is 6.20. The predicted molar refractivity (Wildman–Crippen MR) is 108 cm³/mol. The Labute approximate surface area is 181 Å². The Morgan fingerprint density at radius 3 is 2.38 bits per heavy atom. The number of pyridine rings is 1. The van der Waals surface area contributed by atoms with Crippen LogP contribution in [0.15, 0.2) is 30.5 Å². The van der Waals surface area contributed by atoms with Crippen LogP contribution in [0.4, 0.5) is 27.6 Å². The maximum absolute atomic E-state index is 14.1. The molecule has 3 aromatic rings. The standard InChI is InChI=1S/C22H22F5N5/c23-16-3-4-18(17(24)12-16)31-9-7-30(8-10-31)13-15-5-6-32-19(11-14-1-2-14)28-29-21(32)20(15)22(25,26)27/h3-6,12,14H,1-2,7-11,13H2. The third kappa shape index (κ3) is 4.15.